The zero-order valence-electron chi connectivity index (χ0n) is 11.3. The lowest BCUT2D eigenvalue weighted by molar-refractivity contribution is -0.385. The van der Waals surface area contributed by atoms with Crippen LogP contribution in [0.1, 0.15) is 19.4 Å². The number of benzene rings is 1. The van der Waals surface area contributed by atoms with Crippen molar-refractivity contribution in [3.63, 3.8) is 0 Å². The second-order valence-corrected chi connectivity index (χ2v) is 5.64. The van der Waals surface area contributed by atoms with Crippen molar-refractivity contribution in [3.05, 3.63) is 38.8 Å². The van der Waals surface area contributed by atoms with Crippen LogP contribution in [0.5, 0.6) is 5.75 Å². The van der Waals surface area contributed by atoms with E-state index >= 15 is 0 Å². The average molecular weight is 308 g/mol. The van der Waals surface area contributed by atoms with Crippen molar-refractivity contribution in [1.29, 1.82) is 0 Å². The van der Waals surface area contributed by atoms with E-state index < -0.39 is 22.3 Å². The first-order valence-electron chi connectivity index (χ1n) is 6.05. The number of carbonyl (C=O) groups is 2. The van der Waals surface area contributed by atoms with Gasteiger partial charge in [-0.25, -0.2) is 0 Å². The summed E-state index contributed by atoms with van der Waals surface area (Å²) in [5, 5.41) is 19.8. The number of phenolic OH excluding ortho intramolecular Hbond substituents is 1. The molecule has 8 heteroatoms. The Balaban J connectivity index is 2.37. The smallest absolute Gasteiger partial charge is 0.311 e. The van der Waals surface area contributed by atoms with Gasteiger partial charge in [0.15, 0.2) is 5.75 Å². The summed E-state index contributed by atoms with van der Waals surface area (Å²) >= 11 is 0.790. The molecular weight excluding hydrogens is 296 g/mol. The molecule has 1 fully saturated rings. The van der Waals surface area contributed by atoms with Crippen molar-refractivity contribution in [1.82, 2.24) is 4.90 Å². The summed E-state index contributed by atoms with van der Waals surface area (Å²) in [5.74, 6) is -0.872. The summed E-state index contributed by atoms with van der Waals surface area (Å²) in [6.07, 6.45) is 1.40. The second-order valence-electron chi connectivity index (χ2n) is 4.65. The van der Waals surface area contributed by atoms with Gasteiger partial charge in [-0.2, -0.15) is 0 Å². The van der Waals surface area contributed by atoms with Gasteiger partial charge in [-0.15, -0.1) is 0 Å². The Morgan fingerprint density at radius 2 is 2.05 bits per heavy atom. The molecule has 110 valence electrons. The van der Waals surface area contributed by atoms with Gasteiger partial charge in [0.1, 0.15) is 0 Å². The highest BCUT2D eigenvalue weighted by Gasteiger charge is 2.36. The number of aromatic hydroxyl groups is 1. The lowest BCUT2D eigenvalue weighted by Gasteiger charge is -2.16. The number of thioether (sulfide) groups is 1. The van der Waals surface area contributed by atoms with Crippen LogP contribution in [-0.2, 0) is 4.79 Å². The minimum Gasteiger partial charge on any atom is -0.502 e. The minimum atomic E-state index is -0.716. The monoisotopic (exact) mass is 308 g/mol. The number of amides is 2. The van der Waals surface area contributed by atoms with E-state index in [9.17, 15) is 24.8 Å². The topological polar surface area (TPSA) is 101 Å². The van der Waals surface area contributed by atoms with Crippen LogP contribution in [0.2, 0.25) is 0 Å². The molecule has 21 heavy (non-hydrogen) atoms. The Morgan fingerprint density at radius 3 is 2.57 bits per heavy atom. The number of carbonyl (C=O) groups excluding carboxylic acids is 2. The fourth-order valence-electron chi connectivity index (χ4n) is 1.85. The fraction of sp³-hybridized carbons (Fsp3) is 0.231. The first-order valence-corrected chi connectivity index (χ1v) is 6.87. The lowest BCUT2D eigenvalue weighted by Crippen LogP contribution is -2.34. The van der Waals surface area contributed by atoms with Gasteiger partial charge in [0.05, 0.1) is 9.83 Å². The highest BCUT2D eigenvalue weighted by Crippen LogP contribution is 2.34. The van der Waals surface area contributed by atoms with Crippen LogP contribution >= 0.6 is 11.8 Å². The minimum absolute atomic E-state index is 0.202. The Morgan fingerprint density at radius 1 is 1.38 bits per heavy atom. The zero-order chi connectivity index (χ0) is 15.7. The molecule has 0 bridgehead atoms. The third-order valence-corrected chi connectivity index (χ3v) is 3.72. The summed E-state index contributed by atoms with van der Waals surface area (Å²) < 4.78 is 0. The van der Waals surface area contributed by atoms with Crippen LogP contribution in [0.4, 0.5) is 10.5 Å². The van der Waals surface area contributed by atoms with Gasteiger partial charge >= 0.3 is 5.69 Å². The van der Waals surface area contributed by atoms with Crippen LogP contribution in [0.15, 0.2) is 23.1 Å². The van der Waals surface area contributed by atoms with Crippen molar-refractivity contribution >= 4 is 34.7 Å². The summed E-state index contributed by atoms with van der Waals surface area (Å²) in [4.78, 5) is 35.2. The molecule has 2 amide bonds. The molecule has 1 aliphatic heterocycles. The molecule has 0 saturated carbocycles. The van der Waals surface area contributed by atoms with Crippen LogP contribution in [0, 0.1) is 10.1 Å². The van der Waals surface area contributed by atoms with Crippen LogP contribution < -0.4 is 0 Å². The first kappa shape index (κ1) is 15.0. The maximum absolute atomic E-state index is 12.1. The van der Waals surface area contributed by atoms with Crippen molar-refractivity contribution in [2.24, 2.45) is 0 Å². The second kappa shape index (κ2) is 5.57. The van der Waals surface area contributed by atoms with E-state index in [4.69, 9.17) is 0 Å². The molecule has 0 aromatic heterocycles. The molecule has 1 N–H and O–H groups in total. The van der Waals surface area contributed by atoms with E-state index in [0.717, 1.165) is 22.7 Å². The number of nitrogens with zero attached hydrogens (tertiary/aromatic N) is 2. The van der Waals surface area contributed by atoms with Crippen LogP contribution in [-0.4, -0.2) is 32.1 Å². The molecule has 0 spiro atoms. The van der Waals surface area contributed by atoms with E-state index in [0.29, 0.717) is 5.56 Å². The van der Waals surface area contributed by atoms with E-state index in [2.05, 4.69) is 0 Å². The Bertz CT molecular complexity index is 669. The highest BCUT2D eigenvalue weighted by atomic mass is 32.2. The third kappa shape index (κ3) is 2.89. The quantitative estimate of drug-likeness (QED) is 0.523. The Labute approximate surface area is 124 Å². The van der Waals surface area contributed by atoms with Crippen LogP contribution in [0.3, 0.4) is 0 Å². The molecule has 1 saturated heterocycles. The maximum atomic E-state index is 12.1. The van der Waals surface area contributed by atoms with Gasteiger partial charge in [0, 0.05) is 12.1 Å². The van der Waals surface area contributed by atoms with Gasteiger partial charge in [-0.05, 0) is 43.3 Å². The van der Waals surface area contributed by atoms with E-state index in [1.165, 1.54) is 18.2 Å². The Hall–Kier alpha value is -2.35. The highest BCUT2D eigenvalue weighted by molar-refractivity contribution is 8.18. The molecule has 0 unspecified atom stereocenters. The van der Waals surface area contributed by atoms with Crippen molar-refractivity contribution in [2.45, 2.75) is 19.9 Å². The predicted molar refractivity (Wildman–Crippen MR) is 77.7 cm³/mol. The number of hydrogen-bond donors (Lipinski definition) is 1. The molecule has 1 aromatic rings. The standard InChI is InChI=1S/C13H12N2O5S/c1-7(2)14-12(17)11(21-13(14)18)6-8-3-4-10(16)9(5-8)15(19)20/h3-7,16H,1-2H3/b11-6-. The van der Waals surface area contributed by atoms with Crippen molar-refractivity contribution in [2.75, 3.05) is 0 Å². The van der Waals surface area contributed by atoms with Crippen molar-refractivity contribution < 1.29 is 19.6 Å². The number of nitro groups is 1. The molecule has 0 aliphatic carbocycles. The summed E-state index contributed by atoms with van der Waals surface area (Å²) in [5.41, 5.74) is -0.0828. The largest absolute Gasteiger partial charge is 0.502 e. The number of hydrogen-bond acceptors (Lipinski definition) is 6. The number of imide groups is 1. The summed E-state index contributed by atoms with van der Waals surface area (Å²) in [6.45, 7) is 3.45. The molecule has 1 aromatic carbocycles. The molecule has 0 radical (unpaired) electrons. The average Bonchev–Trinajstić information content (AvgIpc) is 2.66. The lowest BCUT2D eigenvalue weighted by atomic mass is 10.1. The van der Waals surface area contributed by atoms with Gasteiger partial charge in [0.2, 0.25) is 0 Å². The van der Waals surface area contributed by atoms with Gasteiger partial charge < -0.3 is 5.11 Å². The molecule has 1 aliphatic rings. The summed E-state index contributed by atoms with van der Waals surface area (Å²) in [7, 11) is 0. The van der Waals surface area contributed by atoms with Gasteiger partial charge in [-0.3, -0.25) is 24.6 Å². The zero-order valence-corrected chi connectivity index (χ0v) is 12.1. The number of phenols is 1. The molecule has 7 nitrogen and oxygen atoms in total. The predicted octanol–water partition coefficient (Wildman–Crippen LogP) is 2.75. The van der Waals surface area contributed by atoms with Gasteiger partial charge in [-0.1, -0.05) is 6.07 Å². The van der Waals surface area contributed by atoms with E-state index in [1.807, 2.05) is 0 Å². The van der Waals surface area contributed by atoms with Crippen LogP contribution in [0.25, 0.3) is 6.08 Å². The van der Waals surface area contributed by atoms with Gasteiger partial charge in [0.25, 0.3) is 11.1 Å². The first-order chi connectivity index (χ1) is 9.81. The van der Waals surface area contributed by atoms with E-state index in [1.54, 1.807) is 13.8 Å². The Kier molecular flexibility index (Phi) is 3.99. The van der Waals surface area contributed by atoms with Crippen molar-refractivity contribution in [3.8, 4) is 5.75 Å². The molecule has 1 heterocycles. The SMILES string of the molecule is CC(C)N1C(=O)S/C(=C\c2ccc(O)c([N+](=O)[O-])c2)C1=O. The number of nitro benzene ring substituents is 1. The number of rotatable bonds is 3. The normalized spacial score (nSPS) is 17.1. The van der Waals surface area contributed by atoms with E-state index in [-0.39, 0.29) is 16.2 Å². The summed E-state index contributed by atoms with van der Waals surface area (Å²) in [6, 6.07) is 3.51. The third-order valence-electron chi connectivity index (χ3n) is 2.83. The maximum Gasteiger partial charge on any atom is 0.311 e. The fourth-order valence-corrected chi connectivity index (χ4v) is 2.81. The molecular formula is C13H12N2O5S. The molecule has 2 rings (SSSR count). The molecule has 0 atom stereocenters.